The minimum Gasteiger partial charge on any atom is -0.296 e. The fraction of sp³-hybridized carbons (Fsp3) is 0.588. The molecular weight excluding hydrogens is 251 g/mol. The summed E-state index contributed by atoms with van der Waals surface area (Å²) in [5, 5.41) is 0. The van der Waals surface area contributed by atoms with E-state index in [0.717, 1.165) is 12.3 Å². The highest BCUT2D eigenvalue weighted by molar-refractivity contribution is 7.39. The SMILES string of the molecule is CC(=O)P.CCC(C)CC.CCc1cccc(C)c1. The van der Waals surface area contributed by atoms with E-state index in [1.54, 1.807) is 0 Å². The molecule has 1 atom stereocenters. The molecule has 0 N–H and O–H groups in total. The lowest BCUT2D eigenvalue weighted by Crippen LogP contribution is -1.85. The standard InChI is InChI=1S/C9H12.C6H14.C2H5OP/c1-3-9-6-4-5-8(2)7-9;1-4-6(3)5-2;1-2(3)4/h4-7H,3H2,1-2H3;6H,4-5H2,1-3H3;4H2,1H3. The van der Waals surface area contributed by atoms with Crippen LogP contribution in [0.3, 0.4) is 0 Å². The molecule has 0 heterocycles. The van der Waals surface area contributed by atoms with Gasteiger partial charge in [-0.2, -0.15) is 0 Å². The predicted molar refractivity (Wildman–Crippen MR) is 90.7 cm³/mol. The van der Waals surface area contributed by atoms with Crippen molar-refractivity contribution in [2.75, 3.05) is 0 Å². The smallest absolute Gasteiger partial charge is 0.145 e. The van der Waals surface area contributed by atoms with Crippen molar-refractivity contribution >= 4 is 14.8 Å². The highest BCUT2D eigenvalue weighted by Gasteiger charge is 1.88. The van der Waals surface area contributed by atoms with Gasteiger partial charge in [0.05, 0.1) is 0 Å². The summed E-state index contributed by atoms with van der Waals surface area (Å²) in [6, 6.07) is 8.61. The van der Waals surface area contributed by atoms with Crippen LogP contribution in [0, 0.1) is 12.8 Å². The lowest BCUT2D eigenvalue weighted by atomic mass is 10.1. The zero-order valence-electron chi connectivity index (χ0n) is 13.5. The number of carbonyl (C=O) groups is 1. The average Bonchev–Trinajstić information content (AvgIpc) is 2.37. The number of hydrogen-bond acceptors (Lipinski definition) is 1. The molecule has 0 saturated heterocycles. The Morgan fingerprint density at radius 3 is 1.89 bits per heavy atom. The Morgan fingerprint density at radius 2 is 1.68 bits per heavy atom. The normalized spacial score (nSPS) is 9.05. The van der Waals surface area contributed by atoms with E-state index in [4.69, 9.17) is 0 Å². The zero-order valence-corrected chi connectivity index (χ0v) is 14.6. The maximum atomic E-state index is 9.41. The summed E-state index contributed by atoms with van der Waals surface area (Å²) in [4.78, 5) is 9.41. The van der Waals surface area contributed by atoms with E-state index >= 15 is 0 Å². The molecule has 1 nitrogen and oxygen atoms in total. The van der Waals surface area contributed by atoms with Crippen LogP contribution < -0.4 is 0 Å². The lowest BCUT2D eigenvalue weighted by Gasteiger charge is -1.98. The van der Waals surface area contributed by atoms with Crippen molar-refractivity contribution in [1.29, 1.82) is 0 Å². The van der Waals surface area contributed by atoms with Gasteiger partial charge < -0.3 is 0 Å². The molecule has 0 bridgehead atoms. The third-order valence-electron chi connectivity index (χ3n) is 2.88. The van der Waals surface area contributed by atoms with Crippen LogP contribution >= 0.6 is 9.24 Å². The van der Waals surface area contributed by atoms with Crippen LogP contribution in [0.1, 0.15) is 58.6 Å². The molecule has 0 radical (unpaired) electrons. The molecule has 0 amide bonds. The van der Waals surface area contributed by atoms with Gasteiger partial charge in [-0.15, -0.1) is 0 Å². The van der Waals surface area contributed by atoms with Gasteiger partial charge in [0.15, 0.2) is 0 Å². The molecule has 0 saturated carbocycles. The van der Waals surface area contributed by atoms with Gasteiger partial charge in [-0.25, -0.2) is 0 Å². The summed E-state index contributed by atoms with van der Waals surface area (Å²) < 4.78 is 0. The van der Waals surface area contributed by atoms with Crippen molar-refractivity contribution in [3.8, 4) is 0 Å². The van der Waals surface area contributed by atoms with Crippen LogP contribution in [0.5, 0.6) is 0 Å². The van der Waals surface area contributed by atoms with E-state index in [0.29, 0.717) is 0 Å². The maximum Gasteiger partial charge on any atom is 0.145 e. The van der Waals surface area contributed by atoms with Crippen LogP contribution in [0.15, 0.2) is 24.3 Å². The quantitative estimate of drug-likeness (QED) is 0.678. The van der Waals surface area contributed by atoms with Gasteiger partial charge in [0, 0.05) is 0 Å². The van der Waals surface area contributed by atoms with Crippen LogP contribution in [0.25, 0.3) is 0 Å². The summed E-state index contributed by atoms with van der Waals surface area (Å²) in [5.41, 5.74) is 2.87. The summed E-state index contributed by atoms with van der Waals surface area (Å²) in [6.45, 7) is 12.5. The highest BCUT2D eigenvalue weighted by atomic mass is 31.0. The van der Waals surface area contributed by atoms with Crippen molar-refractivity contribution in [2.24, 2.45) is 5.92 Å². The Hall–Kier alpha value is -0.680. The first-order valence-corrected chi connectivity index (χ1v) is 7.76. The molecule has 1 rings (SSSR count). The van der Waals surface area contributed by atoms with E-state index in [9.17, 15) is 4.79 Å². The van der Waals surface area contributed by atoms with Crippen LogP contribution in [-0.4, -0.2) is 5.52 Å². The van der Waals surface area contributed by atoms with Crippen LogP contribution in [0.2, 0.25) is 0 Å². The molecule has 0 aliphatic heterocycles. The maximum absolute atomic E-state index is 9.41. The highest BCUT2D eigenvalue weighted by Crippen LogP contribution is 2.03. The van der Waals surface area contributed by atoms with Gasteiger partial charge >= 0.3 is 0 Å². The summed E-state index contributed by atoms with van der Waals surface area (Å²) >= 11 is 0. The molecule has 0 aliphatic carbocycles. The molecule has 0 aromatic heterocycles. The molecule has 110 valence electrons. The van der Waals surface area contributed by atoms with Crippen molar-refractivity contribution in [1.82, 2.24) is 0 Å². The molecule has 1 aromatic carbocycles. The average molecular weight is 282 g/mol. The molecule has 1 unspecified atom stereocenters. The van der Waals surface area contributed by atoms with E-state index in [2.05, 4.69) is 58.9 Å². The Morgan fingerprint density at radius 1 is 1.21 bits per heavy atom. The third-order valence-corrected chi connectivity index (χ3v) is 2.88. The zero-order chi connectivity index (χ0) is 15.3. The van der Waals surface area contributed by atoms with E-state index in [1.165, 1.54) is 30.9 Å². The lowest BCUT2D eigenvalue weighted by molar-refractivity contribution is -0.109. The first kappa shape index (κ1) is 20.6. The fourth-order valence-corrected chi connectivity index (χ4v) is 1.22. The van der Waals surface area contributed by atoms with Gasteiger partial charge in [-0.05, 0) is 31.7 Å². The summed E-state index contributed by atoms with van der Waals surface area (Å²) in [7, 11) is 2.02. The van der Waals surface area contributed by atoms with Gasteiger partial charge in [0.25, 0.3) is 0 Å². The summed E-state index contributed by atoms with van der Waals surface area (Å²) in [5.74, 6) is 0.935. The Kier molecular flexibility index (Phi) is 14.9. The first-order chi connectivity index (χ1) is 8.87. The number of hydrogen-bond donors (Lipinski definition) is 0. The second-order valence-electron chi connectivity index (χ2n) is 4.87. The van der Waals surface area contributed by atoms with Crippen LogP contribution in [0.4, 0.5) is 0 Å². The number of benzene rings is 1. The minimum atomic E-state index is 0.0833. The fourth-order valence-electron chi connectivity index (χ4n) is 1.22. The van der Waals surface area contributed by atoms with Crippen LogP contribution in [-0.2, 0) is 11.2 Å². The van der Waals surface area contributed by atoms with Crippen molar-refractivity contribution in [3.63, 3.8) is 0 Å². The van der Waals surface area contributed by atoms with Crippen molar-refractivity contribution in [3.05, 3.63) is 35.4 Å². The van der Waals surface area contributed by atoms with E-state index in [-0.39, 0.29) is 5.52 Å². The monoisotopic (exact) mass is 282 g/mol. The predicted octanol–water partition coefficient (Wildman–Crippen LogP) is 5.41. The molecule has 0 aliphatic rings. The topological polar surface area (TPSA) is 17.1 Å². The first-order valence-electron chi connectivity index (χ1n) is 7.18. The molecule has 0 fully saturated rings. The second-order valence-corrected chi connectivity index (χ2v) is 5.69. The number of aryl methyl sites for hydroxylation is 2. The Bertz CT molecular complexity index is 326. The third kappa shape index (κ3) is 17.3. The Balaban J connectivity index is 0. The van der Waals surface area contributed by atoms with Gasteiger partial charge in [-0.3, -0.25) is 4.79 Å². The number of rotatable bonds is 3. The molecular formula is C17H31OP. The molecule has 1 aromatic rings. The molecule has 2 heteroatoms. The minimum absolute atomic E-state index is 0.0833. The van der Waals surface area contributed by atoms with Gasteiger partial charge in [0.2, 0.25) is 0 Å². The second kappa shape index (κ2) is 13.7. The summed E-state index contributed by atoms with van der Waals surface area (Å²) in [6.07, 6.45) is 3.80. The Labute approximate surface area is 122 Å². The number of carbonyl (C=O) groups excluding carboxylic acids is 1. The van der Waals surface area contributed by atoms with Crippen molar-refractivity contribution in [2.45, 2.75) is 60.8 Å². The van der Waals surface area contributed by atoms with E-state index < -0.39 is 0 Å². The molecule has 19 heavy (non-hydrogen) atoms. The van der Waals surface area contributed by atoms with Gasteiger partial charge in [-0.1, -0.05) is 79.6 Å². The largest absolute Gasteiger partial charge is 0.296 e. The molecule has 0 spiro atoms. The van der Waals surface area contributed by atoms with Gasteiger partial charge in [0.1, 0.15) is 5.52 Å². The van der Waals surface area contributed by atoms with Crippen molar-refractivity contribution < 1.29 is 4.79 Å². The van der Waals surface area contributed by atoms with E-state index in [1.807, 2.05) is 9.24 Å².